The zero-order valence-electron chi connectivity index (χ0n) is 14.3. The van der Waals surface area contributed by atoms with Crippen LogP contribution in [-0.2, 0) is 6.54 Å². The number of fused-ring (bicyclic) bond motifs is 1. The van der Waals surface area contributed by atoms with Gasteiger partial charge in [0.25, 0.3) is 0 Å². The third-order valence-corrected chi connectivity index (χ3v) is 5.15. The molecule has 0 amide bonds. The van der Waals surface area contributed by atoms with Gasteiger partial charge in [-0.1, -0.05) is 12.1 Å². The van der Waals surface area contributed by atoms with E-state index in [1.807, 2.05) is 6.92 Å². The van der Waals surface area contributed by atoms with Crippen LogP contribution < -0.4 is 10.2 Å². The largest absolute Gasteiger partial charge is 0.378 e. The summed E-state index contributed by atoms with van der Waals surface area (Å²) < 4.78 is 0. The highest BCUT2D eigenvalue weighted by atomic mass is 32.1. The lowest BCUT2D eigenvalue weighted by Gasteiger charge is -2.13. The molecule has 3 aromatic rings. The minimum Gasteiger partial charge on any atom is -0.378 e. The number of hydrogen-bond acceptors (Lipinski definition) is 5. The van der Waals surface area contributed by atoms with E-state index < -0.39 is 0 Å². The number of benzene rings is 1. The summed E-state index contributed by atoms with van der Waals surface area (Å²) in [5, 5.41) is 4.65. The van der Waals surface area contributed by atoms with Crippen molar-refractivity contribution in [2.24, 2.45) is 0 Å². The molecule has 3 rings (SSSR count). The van der Waals surface area contributed by atoms with Crippen LogP contribution >= 0.6 is 11.3 Å². The van der Waals surface area contributed by atoms with Gasteiger partial charge in [0.2, 0.25) is 0 Å². The highest BCUT2D eigenvalue weighted by molar-refractivity contribution is 7.18. The van der Waals surface area contributed by atoms with Gasteiger partial charge in [-0.25, -0.2) is 9.97 Å². The molecule has 4 nitrogen and oxygen atoms in total. The fraction of sp³-hybridized carbons (Fsp3) is 0.333. The molecule has 0 atom stereocenters. The first-order valence-electron chi connectivity index (χ1n) is 7.70. The zero-order chi connectivity index (χ0) is 16.6. The molecule has 23 heavy (non-hydrogen) atoms. The molecule has 0 aliphatic rings. The Morgan fingerprint density at radius 3 is 2.39 bits per heavy atom. The first-order chi connectivity index (χ1) is 11.0. The number of aromatic nitrogens is 2. The van der Waals surface area contributed by atoms with Gasteiger partial charge in [0, 0.05) is 31.2 Å². The van der Waals surface area contributed by atoms with Crippen LogP contribution in [0.15, 0.2) is 24.3 Å². The molecule has 1 N–H and O–H groups in total. The first-order valence-corrected chi connectivity index (χ1v) is 8.52. The summed E-state index contributed by atoms with van der Waals surface area (Å²) in [7, 11) is 4.10. The molecule has 0 bridgehead atoms. The molecule has 5 heteroatoms. The smallest absolute Gasteiger partial charge is 0.139 e. The minimum atomic E-state index is 0.758. The second-order valence-corrected chi connectivity index (χ2v) is 7.20. The van der Waals surface area contributed by atoms with E-state index in [-0.39, 0.29) is 0 Å². The molecule has 0 spiro atoms. The van der Waals surface area contributed by atoms with Crippen LogP contribution in [0.2, 0.25) is 0 Å². The Labute approximate surface area is 141 Å². The molecule has 1 aromatic carbocycles. The standard InChI is InChI=1S/C18H22N4S/c1-11-12(2)23-18-16(11)17(20-13(3)21-18)19-10-14-6-8-15(9-7-14)22(4)5/h6-9H,10H2,1-5H3,(H,19,20,21). The molecule has 0 radical (unpaired) electrons. The van der Waals surface area contributed by atoms with Crippen LogP contribution in [0.4, 0.5) is 11.5 Å². The summed E-state index contributed by atoms with van der Waals surface area (Å²) in [6.07, 6.45) is 0. The van der Waals surface area contributed by atoms with Gasteiger partial charge < -0.3 is 10.2 Å². The zero-order valence-corrected chi connectivity index (χ0v) is 15.1. The Morgan fingerprint density at radius 1 is 1.04 bits per heavy atom. The number of rotatable bonds is 4. The summed E-state index contributed by atoms with van der Waals surface area (Å²) in [5.41, 5.74) is 3.72. The van der Waals surface area contributed by atoms with E-state index in [1.54, 1.807) is 11.3 Å². The van der Waals surface area contributed by atoms with Crippen LogP contribution in [0.25, 0.3) is 10.2 Å². The van der Waals surface area contributed by atoms with Gasteiger partial charge in [0.15, 0.2) is 0 Å². The molecule has 2 heterocycles. The number of thiophene rings is 1. The van der Waals surface area contributed by atoms with Gasteiger partial charge in [0.05, 0.1) is 5.39 Å². The maximum Gasteiger partial charge on any atom is 0.139 e. The van der Waals surface area contributed by atoms with E-state index in [4.69, 9.17) is 0 Å². The summed E-state index contributed by atoms with van der Waals surface area (Å²) in [6, 6.07) is 8.58. The first kappa shape index (κ1) is 15.7. The maximum absolute atomic E-state index is 4.61. The fourth-order valence-electron chi connectivity index (χ4n) is 2.58. The molecule has 0 aliphatic heterocycles. The summed E-state index contributed by atoms with van der Waals surface area (Å²) in [6.45, 7) is 6.99. The second kappa shape index (κ2) is 6.16. The summed E-state index contributed by atoms with van der Waals surface area (Å²) >= 11 is 1.74. The number of hydrogen-bond donors (Lipinski definition) is 1. The van der Waals surface area contributed by atoms with Crippen molar-refractivity contribution >= 4 is 33.1 Å². The molecule has 0 fully saturated rings. The third kappa shape index (κ3) is 3.15. The lowest BCUT2D eigenvalue weighted by molar-refractivity contribution is 1.05. The molecule has 0 saturated heterocycles. The Balaban J connectivity index is 1.86. The topological polar surface area (TPSA) is 41.1 Å². The Hall–Kier alpha value is -2.14. The van der Waals surface area contributed by atoms with Crippen molar-refractivity contribution in [1.29, 1.82) is 0 Å². The highest BCUT2D eigenvalue weighted by Crippen LogP contribution is 2.33. The second-order valence-electron chi connectivity index (χ2n) is 6.00. The lowest BCUT2D eigenvalue weighted by Crippen LogP contribution is -2.09. The quantitative estimate of drug-likeness (QED) is 0.776. The molecule has 120 valence electrons. The van der Waals surface area contributed by atoms with Crippen molar-refractivity contribution in [2.75, 3.05) is 24.3 Å². The minimum absolute atomic E-state index is 0.758. The molecule has 0 unspecified atom stereocenters. The van der Waals surface area contributed by atoms with E-state index in [0.717, 1.165) is 28.4 Å². The molecule has 2 aromatic heterocycles. The Kier molecular flexibility index (Phi) is 4.22. The van der Waals surface area contributed by atoms with Crippen molar-refractivity contribution in [2.45, 2.75) is 27.3 Å². The van der Waals surface area contributed by atoms with Crippen LogP contribution in [0.5, 0.6) is 0 Å². The Bertz CT molecular complexity index is 834. The SMILES string of the molecule is Cc1nc(NCc2ccc(N(C)C)cc2)c2c(C)c(C)sc2n1. The molecule has 0 aliphatic carbocycles. The van der Waals surface area contributed by atoms with Crippen molar-refractivity contribution in [3.05, 3.63) is 46.1 Å². The predicted molar refractivity (Wildman–Crippen MR) is 99.7 cm³/mol. The van der Waals surface area contributed by atoms with E-state index >= 15 is 0 Å². The average Bonchev–Trinajstić information content (AvgIpc) is 2.79. The summed E-state index contributed by atoms with van der Waals surface area (Å²) in [5.74, 6) is 1.75. The van der Waals surface area contributed by atoms with Crippen LogP contribution in [0.1, 0.15) is 21.8 Å². The van der Waals surface area contributed by atoms with E-state index in [0.29, 0.717) is 0 Å². The van der Waals surface area contributed by atoms with Gasteiger partial charge in [-0.05, 0) is 44.0 Å². The van der Waals surface area contributed by atoms with E-state index in [9.17, 15) is 0 Å². The normalized spacial score (nSPS) is 11.0. The Morgan fingerprint density at radius 2 is 1.74 bits per heavy atom. The van der Waals surface area contributed by atoms with Crippen LogP contribution in [0.3, 0.4) is 0 Å². The van der Waals surface area contributed by atoms with Gasteiger partial charge in [-0.3, -0.25) is 0 Å². The molecular formula is C18H22N4S. The fourth-order valence-corrected chi connectivity index (χ4v) is 3.66. The van der Waals surface area contributed by atoms with Gasteiger partial charge in [0.1, 0.15) is 16.5 Å². The van der Waals surface area contributed by atoms with E-state index in [1.165, 1.54) is 21.7 Å². The molecule has 0 saturated carbocycles. The number of nitrogens with zero attached hydrogens (tertiary/aromatic N) is 3. The van der Waals surface area contributed by atoms with Gasteiger partial charge in [-0.15, -0.1) is 11.3 Å². The number of anilines is 2. The highest BCUT2D eigenvalue weighted by Gasteiger charge is 2.13. The third-order valence-electron chi connectivity index (χ3n) is 4.05. The lowest BCUT2D eigenvalue weighted by atomic mass is 10.2. The van der Waals surface area contributed by atoms with Crippen molar-refractivity contribution in [1.82, 2.24) is 9.97 Å². The van der Waals surface area contributed by atoms with Crippen molar-refractivity contribution in [3.63, 3.8) is 0 Å². The summed E-state index contributed by atoms with van der Waals surface area (Å²) in [4.78, 5) is 13.7. The van der Waals surface area contributed by atoms with Crippen LogP contribution in [-0.4, -0.2) is 24.1 Å². The maximum atomic E-state index is 4.61. The molecular weight excluding hydrogens is 304 g/mol. The van der Waals surface area contributed by atoms with Crippen LogP contribution in [0, 0.1) is 20.8 Å². The van der Waals surface area contributed by atoms with Crippen molar-refractivity contribution in [3.8, 4) is 0 Å². The number of aryl methyl sites for hydroxylation is 3. The predicted octanol–water partition coefficient (Wildman–Crippen LogP) is 4.29. The monoisotopic (exact) mass is 326 g/mol. The average molecular weight is 326 g/mol. The number of nitrogens with one attached hydrogen (secondary N) is 1. The van der Waals surface area contributed by atoms with E-state index in [2.05, 4.69) is 72.4 Å². The van der Waals surface area contributed by atoms with Gasteiger partial charge >= 0.3 is 0 Å². The van der Waals surface area contributed by atoms with Gasteiger partial charge in [-0.2, -0.15) is 0 Å². The van der Waals surface area contributed by atoms with Crippen molar-refractivity contribution < 1.29 is 0 Å².